The molecule has 148 valence electrons. The van der Waals surface area contributed by atoms with Gasteiger partial charge in [-0.3, -0.25) is 9.69 Å². The molecule has 0 spiro atoms. The second kappa shape index (κ2) is 6.82. The van der Waals surface area contributed by atoms with Crippen molar-refractivity contribution < 1.29 is 22.7 Å². The number of Topliss-reactive ketones (excluding diaryl/α,β-unsaturated/α-hetero) is 1. The molecule has 3 aliphatic rings. The van der Waals surface area contributed by atoms with Crippen LogP contribution in [0.5, 0.6) is 0 Å². The third kappa shape index (κ3) is 2.79. The van der Waals surface area contributed by atoms with Gasteiger partial charge in [0.2, 0.25) is 10.3 Å². The number of hydrogen-bond donors (Lipinski definition) is 1. The van der Waals surface area contributed by atoms with Gasteiger partial charge in [0.05, 0.1) is 6.54 Å². The van der Waals surface area contributed by atoms with E-state index in [9.17, 15) is 18.0 Å². The Hall–Kier alpha value is -2.97. The number of nitrogens with zero attached hydrogens (tertiary/aromatic N) is 1. The summed E-state index contributed by atoms with van der Waals surface area (Å²) in [6.07, 6.45) is -0.688. The van der Waals surface area contributed by atoms with Crippen LogP contribution in [0, 0.1) is 0 Å². The molecule has 2 aromatic rings. The van der Waals surface area contributed by atoms with Crippen LogP contribution in [0.3, 0.4) is 0 Å². The zero-order valence-corrected chi connectivity index (χ0v) is 16.2. The molecule has 2 aromatic carbocycles. The molecule has 2 aliphatic heterocycles. The van der Waals surface area contributed by atoms with Crippen LogP contribution in [0.15, 0.2) is 48.5 Å². The van der Waals surface area contributed by atoms with E-state index in [1.807, 2.05) is 48.5 Å². The van der Waals surface area contributed by atoms with Gasteiger partial charge in [-0.15, -0.1) is 0 Å². The van der Waals surface area contributed by atoms with E-state index in [-0.39, 0.29) is 42.3 Å². The molecule has 1 amide bonds. The van der Waals surface area contributed by atoms with E-state index in [2.05, 4.69) is 5.32 Å². The van der Waals surface area contributed by atoms with Crippen LogP contribution in [-0.4, -0.2) is 55.4 Å². The number of hydrogen-bond acceptors (Lipinski definition) is 6. The van der Waals surface area contributed by atoms with Gasteiger partial charge in [0, 0.05) is 18.4 Å². The van der Waals surface area contributed by atoms with Gasteiger partial charge in [0.1, 0.15) is 17.6 Å². The number of amides is 1. The van der Waals surface area contributed by atoms with Crippen LogP contribution in [0.2, 0.25) is 0 Å². The highest BCUT2D eigenvalue weighted by Crippen LogP contribution is 2.44. The number of carbonyl (C=O) groups is 2. The summed E-state index contributed by atoms with van der Waals surface area (Å²) in [4.78, 5) is 26.0. The maximum absolute atomic E-state index is 12.9. The summed E-state index contributed by atoms with van der Waals surface area (Å²) in [6, 6.07) is 14.7. The minimum Gasteiger partial charge on any atom is -0.448 e. The van der Waals surface area contributed by atoms with Crippen LogP contribution >= 0.6 is 0 Å². The molecule has 1 aliphatic carbocycles. The van der Waals surface area contributed by atoms with Crippen molar-refractivity contribution in [2.24, 2.45) is 0 Å². The number of fused-ring (bicyclic) bond motifs is 4. The summed E-state index contributed by atoms with van der Waals surface area (Å²) in [7, 11) is -2.59. The Morgan fingerprint density at radius 2 is 1.69 bits per heavy atom. The Bertz CT molecular complexity index is 1120. The Balaban J connectivity index is 1.42. The number of rotatable bonds is 2. The quantitative estimate of drug-likeness (QED) is 0.756. The minimum atomic E-state index is -2.59. The molecule has 0 saturated carbocycles. The molecule has 1 N–H and O–H groups in total. The average molecular weight is 410 g/mol. The first-order valence-electron chi connectivity index (χ1n) is 9.41. The number of carbonyl (C=O) groups excluding carboxylic acids is 2. The van der Waals surface area contributed by atoms with Crippen LogP contribution in [0.25, 0.3) is 11.1 Å². The first kappa shape index (κ1) is 18.1. The third-order valence-electron chi connectivity index (χ3n) is 5.92. The Kier molecular flexibility index (Phi) is 4.25. The number of ether oxygens (including phenoxy) is 1. The highest BCUT2D eigenvalue weighted by Gasteiger charge is 2.50. The molecule has 7 nitrogen and oxygen atoms in total. The lowest BCUT2D eigenvalue weighted by atomic mass is 9.98. The summed E-state index contributed by atoms with van der Waals surface area (Å²) >= 11 is 0. The van der Waals surface area contributed by atoms with Gasteiger partial charge in [-0.05, 0) is 22.3 Å². The van der Waals surface area contributed by atoms with Crippen LogP contribution in [-0.2, 0) is 19.8 Å². The van der Waals surface area contributed by atoms with Crippen molar-refractivity contribution in [3.8, 4) is 11.1 Å². The summed E-state index contributed by atoms with van der Waals surface area (Å²) < 4.78 is 28.8. The van der Waals surface area contributed by atoms with Gasteiger partial charge < -0.3 is 10.1 Å². The normalized spacial score (nSPS) is 22.4. The SMILES string of the molecule is O=C1CNC2CC(=S(=O)=O)N(C(=O)OCC3c4ccccc4-c4ccccc43)C12. The molecular formula is C21H18N2O5S. The molecule has 8 heteroatoms. The molecule has 0 aromatic heterocycles. The molecule has 2 saturated heterocycles. The van der Waals surface area contributed by atoms with Crippen molar-refractivity contribution in [3.63, 3.8) is 0 Å². The van der Waals surface area contributed by atoms with Crippen LogP contribution < -0.4 is 5.32 Å². The van der Waals surface area contributed by atoms with Crippen molar-refractivity contribution in [2.75, 3.05) is 13.2 Å². The molecule has 29 heavy (non-hydrogen) atoms. The van der Waals surface area contributed by atoms with E-state index in [4.69, 9.17) is 4.74 Å². The van der Waals surface area contributed by atoms with E-state index < -0.39 is 22.4 Å². The molecule has 2 unspecified atom stereocenters. The first-order chi connectivity index (χ1) is 14.1. The lowest BCUT2D eigenvalue weighted by Gasteiger charge is -2.22. The molecular weight excluding hydrogens is 392 g/mol. The largest absolute Gasteiger partial charge is 0.448 e. The lowest BCUT2D eigenvalue weighted by molar-refractivity contribution is -0.119. The van der Waals surface area contributed by atoms with Gasteiger partial charge in [0.15, 0.2) is 5.78 Å². The van der Waals surface area contributed by atoms with Crippen molar-refractivity contribution in [1.29, 1.82) is 0 Å². The van der Waals surface area contributed by atoms with E-state index >= 15 is 0 Å². The number of nitrogens with one attached hydrogen (secondary N) is 1. The Morgan fingerprint density at radius 3 is 2.31 bits per heavy atom. The van der Waals surface area contributed by atoms with Gasteiger partial charge in [-0.2, -0.15) is 8.42 Å². The summed E-state index contributed by atoms with van der Waals surface area (Å²) in [5.74, 6) is -0.340. The highest BCUT2D eigenvalue weighted by atomic mass is 32.2. The predicted octanol–water partition coefficient (Wildman–Crippen LogP) is 1.56. The monoisotopic (exact) mass is 410 g/mol. The summed E-state index contributed by atoms with van der Waals surface area (Å²) in [5.41, 5.74) is 4.34. The molecule has 2 atom stereocenters. The van der Waals surface area contributed by atoms with Gasteiger partial charge in [-0.25, -0.2) is 4.79 Å². The second-order valence-corrected chi connectivity index (χ2v) is 8.35. The topological polar surface area (TPSA) is 92.8 Å². The van der Waals surface area contributed by atoms with Crippen molar-refractivity contribution >= 4 is 27.2 Å². The Labute approximate surface area is 168 Å². The number of benzene rings is 2. The molecule has 2 heterocycles. The van der Waals surface area contributed by atoms with Crippen molar-refractivity contribution in [1.82, 2.24) is 10.2 Å². The molecule has 5 rings (SSSR count). The van der Waals surface area contributed by atoms with E-state index in [1.165, 1.54) is 0 Å². The number of likely N-dealkylation sites (tertiary alicyclic amines) is 1. The van der Waals surface area contributed by atoms with Gasteiger partial charge in [-0.1, -0.05) is 48.5 Å². The standard InChI is InChI=1S/C21H18N2O5S/c24-18-10-22-17-9-19(29(26)27)23(20(17)18)21(25)28-11-16-14-7-3-1-5-12(14)13-6-2-4-8-15(13)16/h1-8,16-17,20,22H,9-11H2. The molecule has 0 radical (unpaired) electrons. The van der Waals surface area contributed by atoms with Gasteiger partial charge in [0.25, 0.3) is 0 Å². The third-order valence-corrected chi connectivity index (χ3v) is 6.66. The van der Waals surface area contributed by atoms with Crippen molar-refractivity contribution in [2.45, 2.75) is 24.4 Å². The fourth-order valence-electron chi connectivity index (χ4n) is 4.65. The Morgan fingerprint density at radius 1 is 1.07 bits per heavy atom. The average Bonchev–Trinajstić information content (AvgIpc) is 3.38. The van der Waals surface area contributed by atoms with Crippen LogP contribution in [0.1, 0.15) is 23.5 Å². The predicted molar refractivity (Wildman–Crippen MR) is 106 cm³/mol. The maximum atomic E-state index is 12.9. The maximum Gasteiger partial charge on any atom is 0.415 e. The fraction of sp³-hybridized carbons (Fsp3) is 0.286. The molecule has 2 fully saturated rings. The number of ketones is 1. The minimum absolute atomic E-state index is 0.0706. The summed E-state index contributed by atoms with van der Waals surface area (Å²) in [6.45, 7) is 0.197. The second-order valence-electron chi connectivity index (χ2n) is 7.41. The summed E-state index contributed by atoms with van der Waals surface area (Å²) in [5, 5.41) is 2.97. The smallest absolute Gasteiger partial charge is 0.415 e. The zero-order chi connectivity index (χ0) is 20.1. The fourth-order valence-corrected chi connectivity index (χ4v) is 5.31. The van der Waals surface area contributed by atoms with Crippen LogP contribution in [0.4, 0.5) is 4.79 Å². The van der Waals surface area contributed by atoms with E-state index in [1.54, 1.807) is 0 Å². The van der Waals surface area contributed by atoms with Crippen molar-refractivity contribution in [3.05, 3.63) is 59.7 Å². The molecule has 0 bridgehead atoms. The zero-order valence-electron chi connectivity index (χ0n) is 15.4. The first-order valence-corrected chi connectivity index (χ1v) is 10.5. The highest BCUT2D eigenvalue weighted by molar-refractivity contribution is 7.72. The van der Waals surface area contributed by atoms with E-state index in [0.717, 1.165) is 27.2 Å². The van der Waals surface area contributed by atoms with E-state index in [0.29, 0.717) is 0 Å². The lowest BCUT2D eigenvalue weighted by Crippen LogP contribution is -2.45. The van der Waals surface area contributed by atoms with Gasteiger partial charge >= 0.3 is 6.09 Å².